The number of rotatable bonds is 4. The predicted molar refractivity (Wildman–Crippen MR) is 129 cm³/mol. The summed E-state index contributed by atoms with van der Waals surface area (Å²) in [6.45, 7) is 0. The van der Waals surface area contributed by atoms with E-state index in [1.54, 1.807) is 34.8 Å². The molecule has 0 bridgehead atoms. The first-order valence-electron chi connectivity index (χ1n) is 8.55. The number of thiophene rings is 4. The molecule has 0 spiro atoms. The van der Waals surface area contributed by atoms with Crippen molar-refractivity contribution in [2.45, 2.75) is 0 Å². The van der Waals surface area contributed by atoms with E-state index in [1.165, 1.54) is 22.7 Å². The van der Waals surface area contributed by atoms with Gasteiger partial charge in [-0.1, -0.05) is 12.1 Å². The molecular formula is C20H12O4S6. The molecule has 4 nitrogen and oxygen atoms in total. The fourth-order valence-corrected chi connectivity index (χ4v) is 11.2. The van der Waals surface area contributed by atoms with E-state index in [2.05, 4.69) is 0 Å². The molecule has 0 aromatic carbocycles. The van der Waals surface area contributed by atoms with Gasteiger partial charge in [0.05, 0.1) is 10.8 Å². The Hall–Kier alpha value is -1.82. The van der Waals surface area contributed by atoms with Gasteiger partial charge in [0.2, 0.25) is 9.84 Å². The normalized spacial score (nSPS) is 17.5. The van der Waals surface area contributed by atoms with E-state index >= 15 is 0 Å². The largest absolute Gasteiger partial charge is 0.220 e. The Morgan fingerprint density at radius 1 is 0.533 bits per heavy atom. The Kier molecular flexibility index (Phi) is 4.96. The molecule has 1 aliphatic heterocycles. The zero-order valence-electron chi connectivity index (χ0n) is 15.0. The Bertz CT molecular complexity index is 1390. The lowest BCUT2D eigenvalue weighted by Gasteiger charge is -2.14. The minimum absolute atomic E-state index is 0.168. The maximum Gasteiger partial charge on any atom is 0.210 e. The number of sulfone groups is 2. The molecule has 0 fully saturated rings. The molecule has 30 heavy (non-hydrogen) atoms. The highest BCUT2D eigenvalue weighted by molar-refractivity contribution is 8.13. The van der Waals surface area contributed by atoms with Crippen molar-refractivity contribution in [3.8, 4) is 19.5 Å². The molecule has 0 amide bonds. The molecule has 0 saturated heterocycles. The quantitative estimate of drug-likeness (QED) is 0.320. The van der Waals surface area contributed by atoms with Crippen LogP contribution in [0.2, 0.25) is 0 Å². The fraction of sp³-hybridized carbons (Fsp3) is 0. The number of hydrogen-bond acceptors (Lipinski definition) is 8. The highest BCUT2D eigenvalue weighted by Gasteiger charge is 2.35. The zero-order valence-corrected chi connectivity index (χ0v) is 19.9. The first kappa shape index (κ1) is 20.1. The highest BCUT2D eigenvalue weighted by atomic mass is 32.2. The third-order valence-electron chi connectivity index (χ3n) is 4.35. The van der Waals surface area contributed by atoms with Gasteiger partial charge in [0, 0.05) is 29.3 Å². The predicted octanol–water partition coefficient (Wildman–Crippen LogP) is 6.41. The standard InChI is InChI=1S/C20H12O4S6/c21-29(22)11-19(17-7-5-15(27-17)13-3-1-9-25-13)30(23,24)20(12-29)18-8-6-16(28-18)14-4-2-10-26-14/h1-12H. The van der Waals surface area contributed by atoms with Crippen LogP contribution in [0.1, 0.15) is 9.75 Å². The van der Waals surface area contributed by atoms with Gasteiger partial charge < -0.3 is 0 Å². The van der Waals surface area contributed by atoms with Gasteiger partial charge in [0.15, 0.2) is 9.84 Å². The Labute approximate surface area is 189 Å². The van der Waals surface area contributed by atoms with Crippen molar-refractivity contribution in [3.63, 3.8) is 0 Å². The summed E-state index contributed by atoms with van der Waals surface area (Å²) < 4.78 is 52.0. The van der Waals surface area contributed by atoms with Crippen LogP contribution in [0.15, 0.2) is 70.1 Å². The molecule has 4 aromatic heterocycles. The lowest BCUT2D eigenvalue weighted by atomic mass is 10.3. The topological polar surface area (TPSA) is 68.3 Å². The minimum Gasteiger partial charge on any atom is -0.220 e. The van der Waals surface area contributed by atoms with Crippen molar-refractivity contribution in [3.05, 3.63) is 79.9 Å². The average molecular weight is 509 g/mol. The summed E-state index contributed by atoms with van der Waals surface area (Å²) in [5, 5.41) is 5.62. The van der Waals surface area contributed by atoms with Crippen LogP contribution in [0.25, 0.3) is 29.3 Å². The zero-order chi connectivity index (χ0) is 20.9. The van der Waals surface area contributed by atoms with Crippen LogP contribution in [0.4, 0.5) is 0 Å². The Balaban J connectivity index is 1.59. The summed E-state index contributed by atoms with van der Waals surface area (Å²) in [6, 6.07) is 14.7. The first-order valence-corrected chi connectivity index (χ1v) is 15.0. The van der Waals surface area contributed by atoms with Crippen molar-refractivity contribution >= 4 is 74.8 Å². The SMILES string of the molecule is O=S1(=O)C=C(c2ccc(-c3cccs3)s2)S(=O)(=O)C(c2ccc(-c3cccs3)s2)=C1. The van der Waals surface area contributed by atoms with Gasteiger partial charge in [-0.2, -0.15) is 0 Å². The van der Waals surface area contributed by atoms with Crippen molar-refractivity contribution < 1.29 is 16.8 Å². The van der Waals surface area contributed by atoms with Crippen molar-refractivity contribution in [2.24, 2.45) is 0 Å². The van der Waals surface area contributed by atoms with E-state index < -0.39 is 19.7 Å². The van der Waals surface area contributed by atoms with Gasteiger partial charge in [-0.3, -0.25) is 0 Å². The molecule has 152 valence electrons. The Morgan fingerprint density at radius 3 is 1.37 bits per heavy atom. The lowest BCUT2D eigenvalue weighted by Crippen LogP contribution is -2.12. The van der Waals surface area contributed by atoms with Crippen LogP contribution >= 0.6 is 45.3 Å². The minimum atomic E-state index is -3.98. The van der Waals surface area contributed by atoms with E-state index in [1.807, 2.05) is 47.2 Å². The first-order chi connectivity index (χ1) is 14.3. The van der Waals surface area contributed by atoms with Crippen molar-refractivity contribution in [1.29, 1.82) is 0 Å². The summed E-state index contributed by atoms with van der Waals surface area (Å²) >= 11 is 5.65. The molecule has 5 heterocycles. The summed E-state index contributed by atoms with van der Waals surface area (Å²) in [5.74, 6) is 0. The molecule has 0 aliphatic carbocycles. The van der Waals surface area contributed by atoms with Gasteiger partial charge in [0.25, 0.3) is 0 Å². The van der Waals surface area contributed by atoms with E-state index in [-0.39, 0.29) is 9.81 Å². The summed E-state index contributed by atoms with van der Waals surface area (Å²) in [7, 11) is -7.80. The molecule has 5 rings (SSSR count). The van der Waals surface area contributed by atoms with Crippen LogP contribution in [-0.4, -0.2) is 16.8 Å². The monoisotopic (exact) mass is 508 g/mol. The molecular weight excluding hydrogens is 497 g/mol. The summed E-state index contributed by atoms with van der Waals surface area (Å²) in [6.07, 6.45) is 0. The van der Waals surface area contributed by atoms with Crippen molar-refractivity contribution in [2.75, 3.05) is 0 Å². The van der Waals surface area contributed by atoms with Crippen LogP contribution in [0.5, 0.6) is 0 Å². The third-order valence-corrected chi connectivity index (χ3v) is 12.2. The lowest BCUT2D eigenvalue weighted by molar-refractivity contribution is 0.608. The van der Waals surface area contributed by atoms with Gasteiger partial charge in [-0.15, -0.1) is 45.3 Å². The molecule has 0 radical (unpaired) electrons. The van der Waals surface area contributed by atoms with Crippen LogP contribution in [-0.2, 0) is 19.7 Å². The molecule has 0 N–H and O–H groups in total. The number of hydrogen-bond donors (Lipinski definition) is 0. The van der Waals surface area contributed by atoms with Gasteiger partial charge >= 0.3 is 0 Å². The second-order valence-electron chi connectivity index (χ2n) is 6.34. The second kappa shape index (κ2) is 7.40. The molecule has 4 aromatic rings. The van der Waals surface area contributed by atoms with E-state index in [4.69, 9.17) is 0 Å². The van der Waals surface area contributed by atoms with E-state index in [0.717, 1.165) is 30.3 Å². The van der Waals surface area contributed by atoms with Crippen molar-refractivity contribution in [1.82, 2.24) is 0 Å². The second-order valence-corrected chi connectivity index (χ2v) is 13.9. The summed E-state index contributed by atoms with van der Waals surface area (Å²) in [5.41, 5.74) is 0. The fourth-order valence-electron chi connectivity index (χ4n) is 3.00. The average Bonchev–Trinajstić information content (AvgIpc) is 3.47. The van der Waals surface area contributed by atoms with Gasteiger partial charge in [0.1, 0.15) is 9.81 Å². The smallest absolute Gasteiger partial charge is 0.210 e. The molecule has 0 unspecified atom stereocenters. The van der Waals surface area contributed by atoms with Gasteiger partial charge in [-0.25, -0.2) is 16.8 Å². The third kappa shape index (κ3) is 3.57. The molecule has 10 heteroatoms. The van der Waals surface area contributed by atoms with Crippen LogP contribution in [0.3, 0.4) is 0 Å². The van der Waals surface area contributed by atoms with E-state index in [0.29, 0.717) is 9.75 Å². The maximum atomic E-state index is 13.4. The van der Waals surface area contributed by atoms with E-state index in [9.17, 15) is 16.8 Å². The maximum absolute atomic E-state index is 13.4. The Morgan fingerprint density at radius 2 is 0.967 bits per heavy atom. The van der Waals surface area contributed by atoms with Crippen LogP contribution in [0, 0.1) is 0 Å². The van der Waals surface area contributed by atoms with Crippen LogP contribution < -0.4 is 0 Å². The summed E-state index contributed by atoms with van der Waals surface area (Å²) in [4.78, 5) is 4.33. The highest BCUT2D eigenvalue weighted by Crippen LogP contribution is 2.45. The molecule has 1 aliphatic rings. The molecule has 0 saturated carbocycles. The molecule has 0 atom stereocenters. The van der Waals surface area contributed by atoms with Gasteiger partial charge in [-0.05, 0) is 47.2 Å².